The van der Waals surface area contributed by atoms with Crippen LogP contribution in [0.3, 0.4) is 0 Å². The first-order valence-corrected chi connectivity index (χ1v) is 20.9. The van der Waals surface area contributed by atoms with E-state index in [1.54, 1.807) is 9.80 Å². The zero-order valence-corrected chi connectivity index (χ0v) is 33.9. The topological polar surface area (TPSA) is 158 Å². The summed E-state index contributed by atoms with van der Waals surface area (Å²) in [5.41, 5.74) is 0.0366. The van der Waals surface area contributed by atoms with Gasteiger partial charge in [0.25, 0.3) is 5.91 Å². The van der Waals surface area contributed by atoms with Crippen LogP contribution in [0.15, 0.2) is 42.5 Å². The van der Waals surface area contributed by atoms with Crippen LogP contribution in [-0.2, 0) is 16.1 Å². The van der Waals surface area contributed by atoms with Gasteiger partial charge in [0, 0.05) is 87.7 Å². The third kappa shape index (κ3) is 7.13. The lowest BCUT2D eigenvalue weighted by Crippen LogP contribution is -2.75. The molecular formula is C42H48F4N10O5. The molecule has 4 fully saturated rings. The lowest BCUT2D eigenvalue weighted by atomic mass is 9.89. The monoisotopic (exact) mass is 848 g/mol. The molecule has 4 atom stereocenters. The van der Waals surface area contributed by atoms with Gasteiger partial charge in [-0.2, -0.15) is 13.2 Å². The lowest BCUT2D eigenvalue weighted by molar-refractivity contribution is -0.191. The van der Waals surface area contributed by atoms with Gasteiger partial charge in [0.05, 0.1) is 24.5 Å². The summed E-state index contributed by atoms with van der Waals surface area (Å²) < 4.78 is 60.1. The fourth-order valence-electron chi connectivity index (χ4n) is 10.3. The Bertz CT molecular complexity index is 2260. The Morgan fingerprint density at radius 2 is 1.70 bits per heavy atom. The molecular weight excluding hydrogens is 801 g/mol. The SMILES string of the molecule is C[C@@H]1CN(CC2CCN(c3ccc4c(c3)C(=O)N([C@H]3CCC(=O)NC3=O)C4)CC2)C[C@@H](C)N1C(=O)N1CCN2c3cc(-c4cccc(F)c4O)nnc3NCC2(C(F)(F)F)C1. The number of fused-ring (bicyclic) bond motifs is 4. The second-order valence-electron chi connectivity index (χ2n) is 17.3. The number of carbonyl (C=O) groups is 4. The number of alkyl halides is 3. The number of benzene rings is 2. The summed E-state index contributed by atoms with van der Waals surface area (Å²) >= 11 is 0. The molecule has 5 amide bonds. The molecule has 0 aliphatic carbocycles. The molecule has 0 spiro atoms. The summed E-state index contributed by atoms with van der Waals surface area (Å²) in [5, 5.41) is 23.6. The molecule has 6 aliphatic heterocycles. The van der Waals surface area contributed by atoms with Crippen molar-refractivity contribution in [1.29, 1.82) is 0 Å². The summed E-state index contributed by atoms with van der Waals surface area (Å²) in [6, 6.07) is 9.49. The number of hydrogen-bond donors (Lipinski definition) is 3. The summed E-state index contributed by atoms with van der Waals surface area (Å²) in [6.45, 7) is 6.53. The Morgan fingerprint density at radius 3 is 2.43 bits per heavy atom. The minimum absolute atomic E-state index is 0.00336. The summed E-state index contributed by atoms with van der Waals surface area (Å²) in [5.74, 6) is -2.00. The molecule has 2 aromatic carbocycles. The van der Waals surface area contributed by atoms with Gasteiger partial charge in [0.1, 0.15) is 6.04 Å². The van der Waals surface area contributed by atoms with Gasteiger partial charge in [0.15, 0.2) is 22.9 Å². The zero-order chi connectivity index (χ0) is 43.0. The highest BCUT2D eigenvalue weighted by atomic mass is 19.4. The van der Waals surface area contributed by atoms with Crippen LogP contribution in [0.25, 0.3) is 11.3 Å². The lowest BCUT2D eigenvalue weighted by Gasteiger charge is -2.55. The molecule has 1 unspecified atom stereocenters. The Balaban J connectivity index is 0.813. The van der Waals surface area contributed by atoms with Crippen LogP contribution in [-0.4, -0.2) is 147 Å². The van der Waals surface area contributed by atoms with Gasteiger partial charge in [-0.05, 0) is 74.9 Å². The zero-order valence-electron chi connectivity index (χ0n) is 33.9. The third-order valence-corrected chi connectivity index (χ3v) is 13.5. The molecule has 3 N–H and O–H groups in total. The molecule has 6 aliphatic rings. The highest BCUT2D eigenvalue weighted by Gasteiger charge is 2.63. The molecule has 0 radical (unpaired) electrons. The Hall–Kier alpha value is -5.72. The molecule has 15 nitrogen and oxygen atoms in total. The van der Waals surface area contributed by atoms with Crippen molar-refractivity contribution in [2.45, 2.75) is 75.9 Å². The van der Waals surface area contributed by atoms with Crippen LogP contribution in [0.4, 0.5) is 39.5 Å². The molecule has 3 aromatic rings. The number of nitrogens with one attached hydrogen (secondary N) is 2. The number of phenolic OH excluding ortho intramolecular Hbond substituents is 1. The minimum atomic E-state index is -4.76. The number of aromatic hydroxyl groups is 1. The molecule has 324 valence electrons. The molecule has 19 heteroatoms. The number of amides is 5. The standard InChI is InChI=1S/C42H48F4N10O5/c1-24-18-51(20-26-10-12-52(13-11-26)28-7-6-27-21-54(39(60)30(27)16-28)33-8-9-35(57)48-38(33)59)19-25(2)56(24)40(61)53-14-15-55-34-17-32(29-4-3-5-31(43)36(29)58)49-50-37(34)47-22-41(55,23-53)42(44,45)46/h3-7,16-17,24-26,33,58H,8-15,18-23H2,1-2H3,(H,47,50)(H,48,57,59)/t24-,25-,33+,41?/m1/s1. The summed E-state index contributed by atoms with van der Waals surface area (Å²) in [6.07, 6.45) is -2.40. The van der Waals surface area contributed by atoms with Crippen LogP contribution >= 0.6 is 0 Å². The predicted octanol–water partition coefficient (Wildman–Crippen LogP) is 4.03. The number of imide groups is 1. The van der Waals surface area contributed by atoms with Crippen molar-refractivity contribution in [2.75, 3.05) is 74.0 Å². The fraction of sp³-hybridized carbons (Fsp3) is 0.524. The number of hydrogen-bond acceptors (Lipinski definition) is 11. The number of piperazine rings is 2. The first-order chi connectivity index (χ1) is 29.1. The molecule has 0 bridgehead atoms. The summed E-state index contributed by atoms with van der Waals surface area (Å²) in [4.78, 5) is 62.2. The third-order valence-electron chi connectivity index (χ3n) is 13.5. The van der Waals surface area contributed by atoms with E-state index in [9.17, 15) is 28.7 Å². The highest BCUT2D eigenvalue weighted by Crippen LogP contribution is 2.47. The number of rotatable bonds is 5. The van der Waals surface area contributed by atoms with Crippen molar-refractivity contribution < 1.29 is 41.8 Å². The van der Waals surface area contributed by atoms with Crippen molar-refractivity contribution in [2.24, 2.45) is 5.92 Å². The first-order valence-electron chi connectivity index (χ1n) is 20.9. The van der Waals surface area contributed by atoms with E-state index in [0.29, 0.717) is 37.5 Å². The molecule has 61 heavy (non-hydrogen) atoms. The number of piperidine rings is 2. The largest absolute Gasteiger partial charge is 0.504 e. The van der Waals surface area contributed by atoms with Crippen molar-refractivity contribution in [3.63, 3.8) is 0 Å². The predicted molar refractivity (Wildman–Crippen MR) is 215 cm³/mol. The minimum Gasteiger partial charge on any atom is -0.504 e. The van der Waals surface area contributed by atoms with Crippen LogP contribution in [0.1, 0.15) is 55.5 Å². The number of halogens is 4. The number of para-hydroxylation sites is 1. The van der Waals surface area contributed by atoms with E-state index >= 15 is 13.2 Å². The maximum atomic E-state index is 15.3. The van der Waals surface area contributed by atoms with Crippen LogP contribution in [0.5, 0.6) is 5.75 Å². The molecule has 0 saturated carbocycles. The smallest absolute Gasteiger partial charge is 0.415 e. The van der Waals surface area contributed by atoms with E-state index in [0.717, 1.165) is 49.8 Å². The molecule has 9 rings (SSSR count). The van der Waals surface area contributed by atoms with E-state index in [1.165, 1.54) is 28.0 Å². The maximum Gasteiger partial charge on any atom is 0.415 e. The fourth-order valence-corrected chi connectivity index (χ4v) is 10.3. The van der Waals surface area contributed by atoms with E-state index in [-0.39, 0.29) is 66.2 Å². The van der Waals surface area contributed by atoms with Gasteiger partial charge in [-0.1, -0.05) is 12.1 Å². The van der Waals surface area contributed by atoms with E-state index < -0.39 is 54.4 Å². The van der Waals surface area contributed by atoms with Crippen molar-refractivity contribution in [1.82, 2.24) is 35.1 Å². The van der Waals surface area contributed by atoms with E-state index in [4.69, 9.17) is 0 Å². The average molecular weight is 849 g/mol. The Labute approximate surface area is 349 Å². The average Bonchev–Trinajstić information content (AvgIpc) is 3.55. The van der Waals surface area contributed by atoms with Gasteiger partial charge in [-0.15, -0.1) is 10.2 Å². The van der Waals surface area contributed by atoms with Gasteiger partial charge >= 0.3 is 12.2 Å². The van der Waals surface area contributed by atoms with Gasteiger partial charge in [0.2, 0.25) is 11.8 Å². The Morgan fingerprint density at radius 1 is 0.951 bits per heavy atom. The van der Waals surface area contributed by atoms with Crippen molar-refractivity contribution >= 4 is 40.9 Å². The van der Waals surface area contributed by atoms with Gasteiger partial charge in [-0.3, -0.25) is 24.6 Å². The molecule has 4 saturated heterocycles. The first kappa shape index (κ1) is 40.7. The molecule has 7 heterocycles. The van der Waals surface area contributed by atoms with Crippen molar-refractivity contribution in [3.8, 4) is 17.0 Å². The number of aromatic nitrogens is 2. The van der Waals surface area contributed by atoms with Crippen LogP contribution < -0.4 is 20.4 Å². The van der Waals surface area contributed by atoms with E-state index in [2.05, 4.69) is 30.6 Å². The number of nitrogens with zero attached hydrogens (tertiary/aromatic N) is 8. The maximum absolute atomic E-state index is 15.3. The van der Waals surface area contributed by atoms with Crippen molar-refractivity contribution in [3.05, 3.63) is 59.4 Å². The quantitative estimate of drug-likeness (QED) is 0.252. The van der Waals surface area contributed by atoms with E-state index in [1.807, 2.05) is 32.0 Å². The van der Waals surface area contributed by atoms with Crippen LogP contribution in [0, 0.1) is 11.7 Å². The summed E-state index contributed by atoms with van der Waals surface area (Å²) in [7, 11) is 0. The number of phenols is 1. The van der Waals surface area contributed by atoms with Crippen LogP contribution in [0.2, 0.25) is 0 Å². The second kappa shape index (κ2) is 15.3. The van der Waals surface area contributed by atoms with Gasteiger partial charge in [-0.25, -0.2) is 9.18 Å². The Kier molecular flexibility index (Phi) is 10.2. The highest BCUT2D eigenvalue weighted by molar-refractivity contribution is 6.05. The second-order valence-corrected chi connectivity index (χ2v) is 17.3. The number of carbonyl (C=O) groups excluding carboxylic acids is 4. The van der Waals surface area contributed by atoms with Gasteiger partial charge < -0.3 is 34.9 Å². The number of urea groups is 1. The number of anilines is 3. The molecule has 1 aromatic heterocycles. The normalized spacial score (nSPS) is 26.2.